The molecule has 1 rings (SSSR count). The van der Waals surface area contributed by atoms with E-state index in [1.807, 2.05) is 0 Å². The summed E-state index contributed by atoms with van der Waals surface area (Å²) in [5.74, 6) is -3.46. The van der Waals surface area contributed by atoms with E-state index in [-0.39, 0.29) is 52.3 Å². The normalized spacial score (nSPS) is 16.0. The first kappa shape index (κ1) is 17.1. The maximum Gasteiger partial charge on any atom is 1.00 e. The first-order valence-corrected chi connectivity index (χ1v) is 5.18. The minimum Gasteiger partial charge on any atom is -0.549 e. The van der Waals surface area contributed by atoms with Crippen LogP contribution < -0.4 is 40.0 Å². The molecule has 0 saturated carbocycles. The first-order valence-electron chi connectivity index (χ1n) is 5.18. The average molecular weight is 259 g/mol. The van der Waals surface area contributed by atoms with Gasteiger partial charge < -0.3 is 15.2 Å². The van der Waals surface area contributed by atoms with E-state index >= 15 is 0 Å². The number of carboxylic acid groups (broad SMARTS) is 1. The number of carbonyl (C=O) groups is 3. The molecule has 5 nitrogen and oxygen atoms in total. The third-order valence-corrected chi connectivity index (χ3v) is 2.75. The van der Waals surface area contributed by atoms with Crippen LogP contribution in [-0.4, -0.2) is 17.5 Å². The summed E-state index contributed by atoms with van der Waals surface area (Å²) in [6, 6.07) is 0. The molecule has 0 amide bonds. The molecule has 0 bridgehead atoms. The molecule has 0 atom stereocenters. The summed E-state index contributed by atoms with van der Waals surface area (Å²) in [6.07, 6.45) is 0. The number of hydrogen-bond donors (Lipinski definition) is 1. The molecule has 0 saturated heterocycles. The van der Waals surface area contributed by atoms with Gasteiger partial charge in [-0.2, -0.15) is 0 Å². The number of ketones is 2. The van der Waals surface area contributed by atoms with Gasteiger partial charge in [-0.05, 0) is 27.7 Å². The molecule has 6 heteroatoms. The van der Waals surface area contributed by atoms with Crippen molar-refractivity contribution in [3.05, 3.63) is 22.5 Å². The number of dihydropyridines is 1. The number of carboxylic acids is 1. The van der Waals surface area contributed by atoms with E-state index in [4.69, 9.17) is 0 Å². The summed E-state index contributed by atoms with van der Waals surface area (Å²) in [6.45, 7) is 5.75. The Hall–Kier alpha value is -0.910. The largest absolute Gasteiger partial charge is 1.00 e. The Morgan fingerprint density at radius 3 is 1.56 bits per heavy atom. The predicted molar refractivity (Wildman–Crippen MR) is 58.4 cm³/mol. The summed E-state index contributed by atoms with van der Waals surface area (Å²) in [7, 11) is 0. The van der Waals surface area contributed by atoms with Crippen molar-refractivity contribution in [2.45, 2.75) is 27.7 Å². The molecule has 0 aromatic heterocycles. The van der Waals surface area contributed by atoms with Crippen LogP contribution in [0.2, 0.25) is 0 Å². The van der Waals surface area contributed by atoms with Gasteiger partial charge in [-0.15, -0.1) is 0 Å². The van der Waals surface area contributed by atoms with Crippen molar-refractivity contribution in [2.75, 3.05) is 0 Å². The van der Waals surface area contributed by atoms with E-state index in [1.54, 1.807) is 13.8 Å². The molecule has 0 spiro atoms. The Labute approximate surface area is 128 Å². The topological polar surface area (TPSA) is 86.3 Å². The third kappa shape index (κ3) is 3.10. The SMILES string of the molecule is CC(=O)C1=C(C)NC(C)=C(C(C)=O)C1C(=O)[O-].[Na+]. The Bertz CT molecular complexity index is 440. The van der Waals surface area contributed by atoms with Crippen LogP contribution in [0.1, 0.15) is 27.7 Å². The van der Waals surface area contributed by atoms with Gasteiger partial charge in [0.2, 0.25) is 0 Å². The van der Waals surface area contributed by atoms with E-state index in [9.17, 15) is 19.5 Å². The average Bonchev–Trinajstić information content (AvgIpc) is 2.14. The Balaban J connectivity index is 0.00000289. The van der Waals surface area contributed by atoms with Crippen LogP contribution in [0.5, 0.6) is 0 Å². The summed E-state index contributed by atoms with van der Waals surface area (Å²) in [4.78, 5) is 34.1. The fraction of sp³-hybridized carbons (Fsp3) is 0.417. The molecule has 18 heavy (non-hydrogen) atoms. The van der Waals surface area contributed by atoms with Crippen LogP contribution in [0.25, 0.3) is 0 Å². The molecular formula is C12H14NNaO4. The van der Waals surface area contributed by atoms with Crippen LogP contribution >= 0.6 is 0 Å². The molecule has 1 heterocycles. The monoisotopic (exact) mass is 259 g/mol. The number of Topliss-reactive ketones (excluding diaryl/α,β-unsaturated/α-hetero) is 2. The van der Waals surface area contributed by atoms with Crippen molar-refractivity contribution in [3.63, 3.8) is 0 Å². The van der Waals surface area contributed by atoms with Crippen molar-refractivity contribution in [1.29, 1.82) is 0 Å². The molecule has 1 aliphatic rings. The van der Waals surface area contributed by atoms with Gasteiger partial charge in [0.1, 0.15) is 0 Å². The Morgan fingerprint density at radius 2 is 1.33 bits per heavy atom. The molecule has 0 aliphatic carbocycles. The number of allylic oxidation sites excluding steroid dienone is 2. The van der Waals surface area contributed by atoms with Gasteiger partial charge in [0.15, 0.2) is 11.6 Å². The smallest absolute Gasteiger partial charge is 0.549 e. The van der Waals surface area contributed by atoms with Crippen LogP contribution in [-0.2, 0) is 14.4 Å². The summed E-state index contributed by atoms with van der Waals surface area (Å²) in [5, 5.41) is 14.0. The van der Waals surface area contributed by atoms with Crippen LogP contribution in [0.3, 0.4) is 0 Å². The van der Waals surface area contributed by atoms with Gasteiger partial charge in [-0.25, -0.2) is 0 Å². The summed E-state index contributed by atoms with van der Waals surface area (Å²) in [5.41, 5.74) is 1.07. The van der Waals surface area contributed by atoms with E-state index in [1.165, 1.54) is 13.8 Å². The van der Waals surface area contributed by atoms with Gasteiger partial charge in [-0.1, -0.05) is 0 Å². The van der Waals surface area contributed by atoms with E-state index < -0.39 is 11.9 Å². The standard InChI is InChI=1S/C12H15NO4.Na/c1-5-9(7(3)14)11(12(16)17)10(8(4)15)6(2)13-5;/h11,13H,1-4H3,(H,16,17);/q;+1/p-1. The summed E-state index contributed by atoms with van der Waals surface area (Å²) >= 11 is 0. The number of nitrogens with one attached hydrogen (secondary N) is 1. The zero-order valence-electron chi connectivity index (χ0n) is 11.2. The zero-order valence-corrected chi connectivity index (χ0v) is 13.2. The second kappa shape index (κ2) is 6.31. The van der Waals surface area contributed by atoms with Gasteiger partial charge in [0.05, 0.1) is 11.9 Å². The fourth-order valence-electron chi connectivity index (χ4n) is 2.16. The van der Waals surface area contributed by atoms with Crippen LogP contribution in [0.15, 0.2) is 22.5 Å². The van der Waals surface area contributed by atoms with Crippen molar-refractivity contribution >= 4 is 17.5 Å². The van der Waals surface area contributed by atoms with Gasteiger partial charge in [0.25, 0.3) is 0 Å². The van der Waals surface area contributed by atoms with E-state index in [0.29, 0.717) is 11.4 Å². The third-order valence-electron chi connectivity index (χ3n) is 2.75. The minimum absolute atomic E-state index is 0. The number of hydrogen-bond acceptors (Lipinski definition) is 5. The quantitative estimate of drug-likeness (QED) is 0.536. The molecular weight excluding hydrogens is 245 g/mol. The predicted octanol–water partition coefficient (Wildman–Crippen LogP) is -3.31. The maximum absolute atomic E-state index is 11.5. The van der Waals surface area contributed by atoms with E-state index in [0.717, 1.165) is 0 Å². The molecule has 0 fully saturated rings. The fourth-order valence-corrected chi connectivity index (χ4v) is 2.16. The van der Waals surface area contributed by atoms with Crippen LogP contribution in [0, 0.1) is 5.92 Å². The van der Waals surface area contributed by atoms with Crippen molar-refractivity contribution < 1.29 is 49.0 Å². The number of carbonyl (C=O) groups excluding carboxylic acids is 3. The summed E-state index contributed by atoms with van der Waals surface area (Å²) < 4.78 is 0. The molecule has 1 aliphatic heterocycles. The molecule has 0 radical (unpaired) electrons. The molecule has 0 aromatic carbocycles. The van der Waals surface area contributed by atoms with Crippen LogP contribution in [0.4, 0.5) is 0 Å². The molecule has 92 valence electrons. The second-order valence-corrected chi connectivity index (χ2v) is 4.07. The molecule has 1 N–H and O–H groups in total. The number of aliphatic carboxylic acids is 1. The zero-order chi connectivity index (χ0) is 13.3. The first-order chi connectivity index (χ1) is 7.77. The minimum atomic E-state index is -1.43. The second-order valence-electron chi connectivity index (χ2n) is 4.07. The van der Waals surface area contributed by atoms with Gasteiger partial charge >= 0.3 is 29.6 Å². The maximum atomic E-state index is 11.5. The Morgan fingerprint density at radius 1 is 1.00 bits per heavy atom. The van der Waals surface area contributed by atoms with E-state index in [2.05, 4.69) is 5.32 Å². The molecule has 0 unspecified atom stereocenters. The Kier molecular flexibility index (Phi) is 5.99. The number of rotatable bonds is 3. The van der Waals surface area contributed by atoms with Crippen molar-refractivity contribution in [1.82, 2.24) is 5.32 Å². The molecule has 0 aromatic rings. The van der Waals surface area contributed by atoms with Crippen molar-refractivity contribution in [3.8, 4) is 0 Å². The van der Waals surface area contributed by atoms with Crippen molar-refractivity contribution in [2.24, 2.45) is 5.92 Å². The van der Waals surface area contributed by atoms with Gasteiger partial charge in [-0.3, -0.25) is 9.59 Å². The van der Waals surface area contributed by atoms with Gasteiger partial charge in [0, 0.05) is 22.5 Å².